The largest absolute Gasteiger partial charge is 0.283 e. The van der Waals surface area contributed by atoms with Crippen LogP contribution in [-0.2, 0) is 0 Å². The highest BCUT2D eigenvalue weighted by Gasteiger charge is 1.71. The summed E-state index contributed by atoms with van der Waals surface area (Å²) in [4.78, 5) is 0. The van der Waals surface area contributed by atoms with E-state index in [0.29, 0.717) is 0 Å². The second kappa shape index (κ2) is 4.23. The van der Waals surface area contributed by atoms with E-state index in [2.05, 4.69) is 15.5 Å². The van der Waals surface area contributed by atoms with Crippen molar-refractivity contribution in [1.82, 2.24) is 5.01 Å². The van der Waals surface area contributed by atoms with Gasteiger partial charge in [0.25, 0.3) is 0 Å². The summed E-state index contributed by atoms with van der Waals surface area (Å²) in [6.45, 7) is 1.79. The van der Waals surface area contributed by atoms with Crippen molar-refractivity contribution in [2.75, 3.05) is 14.1 Å². The van der Waals surface area contributed by atoms with Crippen LogP contribution in [0.4, 0.5) is 0 Å². The number of hydrogen-bond acceptors (Lipinski definition) is 2. The lowest BCUT2D eigenvalue weighted by atomic mass is 10.9. The minimum Gasteiger partial charge on any atom is -0.283 e. The third-order valence-corrected chi connectivity index (χ3v) is 0.386. The molecule has 0 aromatic rings. The van der Waals surface area contributed by atoms with E-state index in [1.807, 2.05) is 0 Å². The van der Waals surface area contributed by atoms with Crippen molar-refractivity contribution in [1.29, 1.82) is 0 Å². The van der Waals surface area contributed by atoms with Crippen molar-refractivity contribution in [3.63, 3.8) is 0 Å². The van der Waals surface area contributed by atoms with Crippen LogP contribution in [0.2, 0.25) is 0 Å². The van der Waals surface area contributed by atoms with Crippen LogP contribution in [0, 0.1) is 0 Å². The topological polar surface area (TPSA) is 40.3 Å². The number of rotatable bonds is 2. The summed E-state index contributed by atoms with van der Waals surface area (Å²) in [5.74, 6) is 0. The summed E-state index contributed by atoms with van der Waals surface area (Å²) in [7, 11) is 3.57. The molecular formula is C4H10N4. The SMILES string of the molecule is C/C=N/N=N\N(C)C. The summed E-state index contributed by atoms with van der Waals surface area (Å²) in [5.41, 5.74) is 0. The second-order valence-corrected chi connectivity index (χ2v) is 1.40. The van der Waals surface area contributed by atoms with E-state index in [-0.39, 0.29) is 0 Å². The van der Waals surface area contributed by atoms with Gasteiger partial charge in [0.2, 0.25) is 0 Å². The zero-order chi connectivity index (χ0) is 6.41. The molecule has 4 nitrogen and oxygen atoms in total. The fraction of sp³-hybridized carbons (Fsp3) is 0.750. The Morgan fingerprint density at radius 1 is 1.38 bits per heavy atom. The maximum Gasteiger partial charge on any atom is 0.0262 e. The van der Waals surface area contributed by atoms with Crippen LogP contribution >= 0.6 is 0 Å². The van der Waals surface area contributed by atoms with Crippen molar-refractivity contribution in [2.24, 2.45) is 15.5 Å². The molecule has 0 heterocycles. The highest BCUT2D eigenvalue weighted by molar-refractivity contribution is 5.52. The Kier molecular flexibility index (Phi) is 3.74. The molecule has 0 N–H and O–H groups in total. The first kappa shape index (κ1) is 7.07. The zero-order valence-corrected chi connectivity index (χ0v) is 5.37. The fourth-order valence-corrected chi connectivity index (χ4v) is 0.155. The molecule has 0 spiro atoms. The molecule has 0 aromatic heterocycles. The second-order valence-electron chi connectivity index (χ2n) is 1.40. The van der Waals surface area contributed by atoms with Gasteiger partial charge in [-0.3, -0.25) is 5.01 Å². The maximum atomic E-state index is 3.57. The van der Waals surface area contributed by atoms with Crippen LogP contribution in [0.5, 0.6) is 0 Å². The minimum absolute atomic E-state index is 1.58. The van der Waals surface area contributed by atoms with Crippen LogP contribution in [-0.4, -0.2) is 25.3 Å². The van der Waals surface area contributed by atoms with Gasteiger partial charge in [-0.2, -0.15) is 0 Å². The predicted octanol–water partition coefficient (Wildman–Crippen LogP) is 0.921. The summed E-state index contributed by atoms with van der Waals surface area (Å²) in [5, 5.41) is 12.1. The molecule has 0 aliphatic rings. The van der Waals surface area contributed by atoms with Gasteiger partial charge in [0, 0.05) is 20.3 Å². The average Bonchev–Trinajstić information content (AvgIpc) is 1.66. The van der Waals surface area contributed by atoms with Gasteiger partial charge < -0.3 is 0 Å². The smallest absolute Gasteiger partial charge is 0.0262 e. The summed E-state index contributed by atoms with van der Waals surface area (Å²) in [6.07, 6.45) is 1.58. The Labute approximate surface area is 48.9 Å². The molecule has 0 fully saturated rings. The van der Waals surface area contributed by atoms with Gasteiger partial charge in [-0.25, -0.2) is 0 Å². The van der Waals surface area contributed by atoms with Gasteiger partial charge in [0.05, 0.1) is 0 Å². The molecule has 0 aromatic carbocycles. The Bertz CT molecular complexity index is 94.2. The lowest BCUT2D eigenvalue weighted by Crippen LogP contribution is -1.98. The lowest BCUT2D eigenvalue weighted by Gasteiger charge is -1.96. The summed E-state index contributed by atoms with van der Waals surface area (Å²) < 4.78 is 0. The van der Waals surface area contributed by atoms with E-state index in [1.165, 1.54) is 0 Å². The van der Waals surface area contributed by atoms with Crippen LogP contribution in [0.15, 0.2) is 15.5 Å². The van der Waals surface area contributed by atoms with E-state index >= 15 is 0 Å². The van der Waals surface area contributed by atoms with Crippen LogP contribution in [0.1, 0.15) is 6.92 Å². The van der Waals surface area contributed by atoms with Gasteiger partial charge in [0.15, 0.2) is 0 Å². The molecule has 0 saturated carbocycles. The monoisotopic (exact) mass is 114 g/mol. The quantitative estimate of drug-likeness (QED) is 0.299. The lowest BCUT2D eigenvalue weighted by molar-refractivity contribution is 0.400. The van der Waals surface area contributed by atoms with Crippen LogP contribution in [0.3, 0.4) is 0 Å². The normalized spacial score (nSPS) is 11.4. The Morgan fingerprint density at radius 3 is 2.38 bits per heavy atom. The highest BCUT2D eigenvalue weighted by atomic mass is 15.6. The van der Waals surface area contributed by atoms with Crippen molar-refractivity contribution in [3.05, 3.63) is 0 Å². The summed E-state index contributed by atoms with van der Waals surface area (Å²) >= 11 is 0. The molecule has 0 atom stereocenters. The maximum absolute atomic E-state index is 3.57. The van der Waals surface area contributed by atoms with Crippen molar-refractivity contribution in [3.8, 4) is 0 Å². The van der Waals surface area contributed by atoms with Gasteiger partial charge in [-0.1, -0.05) is 5.22 Å². The third kappa shape index (κ3) is 5.07. The molecule has 46 valence electrons. The van der Waals surface area contributed by atoms with Crippen LogP contribution in [0.25, 0.3) is 0 Å². The molecule has 8 heavy (non-hydrogen) atoms. The molecule has 0 radical (unpaired) electrons. The first-order valence-corrected chi connectivity index (χ1v) is 2.33. The van der Waals surface area contributed by atoms with Gasteiger partial charge in [0.1, 0.15) is 0 Å². The minimum atomic E-state index is 1.58. The highest BCUT2D eigenvalue weighted by Crippen LogP contribution is 1.77. The van der Waals surface area contributed by atoms with Gasteiger partial charge in [-0.05, 0) is 12.1 Å². The molecule has 0 saturated heterocycles. The molecule has 0 aliphatic heterocycles. The Morgan fingerprint density at radius 2 is 2.00 bits per heavy atom. The third-order valence-electron chi connectivity index (χ3n) is 0.386. The van der Waals surface area contributed by atoms with Crippen molar-refractivity contribution >= 4 is 6.21 Å². The molecule has 0 unspecified atom stereocenters. The van der Waals surface area contributed by atoms with E-state index in [0.717, 1.165) is 0 Å². The van der Waals surface area contributed by atoms with E-state index in [4.69, 9.17) is 0 Å². The van der Waals surface area contributed by atoms with E-state index in [9.17, 15) is 0 Å². The molecule has 0 amide bonds. The summed E-state index contributed by atoms with van der Waals surface area (Å²) in [6, 6.07) is 0. The van der Waals surface area contributed by atoms with E-state index < -0.39 is 0 Å². The van der Waals surface area contributed by atoms with Crippen LogP contribution < -0.4 is 0 Å². The van der Waals surface area contributed by atoms with Crippen molar-refractivity contribution in [2.45, 2.75) is 6.92 Å². The number of nitrogens with zero attached hydrogens (tertiary/aromatic N) is 4. The van der Waals surface area contributed by atoms with Gasteiger partial charge in [-0.15, -0.1) is 5.10 Å². The fourth-order valence-electron chi connectivity index (χ4n) is 0.155. The Hall–Kier alpha value is -0.930. The Balaban J connectivity index is 3.34. The molecule has 0 rings (SSSR count). The molecular weight excluding hydrogens is 104 g/mol. The average molecular weight is 114 g/mol. The van der Waals surface area contributed by atoms with E-state index in [1.54, 1.807) is 32.2 Å². The standard InChI is InChI=1S/C4H10N4/c1-4-5-6-7-8(2)3/h4H,1-3H3/b5-4+,7-6-. The van der Waals surface area contributed by atoms with Crippen molar-refractivity contribution < 1.29 is 0 Å². The first-order chi connectivity index (χ1) is 3.77. The predicted molar refractivity (Wildman–Crippen MR) is 32.7 cm³/mol. The first-order valence-electron chi connectivity index (χ1n) is 2.33. The molecule has 0 bridgehead atoms. The zero-order valence-electron chi connectivity index (χ0n) is 5.37. The molecule has 0 aliphatic carbocycles. The number of hydrogen-bond donors (Lipinski definition) is 0. The van der Waals surface area contributed by atoms with Gasteiger partial charge >= 0.3 is 0 Å². The molecule has 4 heteroatoms.